The maximum atomic E-state index is 12.1. The molecule has 0 aromatic rings. The van der Waals surface area contributed by atoms with E-state index in [0.29, 0.717) is 12.5 Å². The molecule has 3 nitrogen and oxygen atoms in total. The normalized spacial score (nSPS) is 12.9. The number of carbonyl (C=O) groups excluding carboxylic acids is 1. The molecule has 0 spiro atoms. The van der Waals surface area contributed by atoms with Crippen molar-refractivity contribution in [2.45, 2.75) is 40.5 Å². The molecule has 0 saturated carbocycles. The smallest absolute Gasteiger partial charge is 0.227 e. The lowest BCUT2D eigenvalue weighted by atomic mass is 9.94. The Morgan fingerprint density at radius 1 is 1.20 bits per heavy atom. The first kappa shape index (κ1) is 14.4. The molecule has 1 unspecified atom stereocenters. The van der Waals surface area contributed by atoms with Gasteiger partial charge in [-0.3, -0.25) is 4.79 Å². The molecular formula is C12H26N2O. The maximum absolute atomic E-state index is 12.1. The van der Waals surface area contributed by atoms with Crippen molar-refractivity contribution in [3.05, 3.63) is 0 Å². The monoisotopic (exact) mass is 214 g/mol. The second-order valence-corrected chi connectivity index (χ2v) is 4.41. The van der Waals surface area contributed by atoms with Gasteiger partial charge < -0.3 is 10.6 Å². The van der Waals surface area contributed by atoms with Crippen LogP contribution in [0.5, 0.6) is 0 Å². The minimum absolute atomic E-state index is 0.0110. The lowest BCUT2D eigenvalue weighted by Crippen LogP contribution is -2.42. The van der Waals surface area contributed by atoms with Gasteiger partial charge in [0, 0.05) is 19.6 Å². The third-order valence-corrected chi connectivity index (χ3v) is 2.67. The summed E-state index contributed by atoms with van der Waals surface area (Å²) in [5.74, 6) is 0.554. The molecule has 90 valence electrons. The van der Waals surface area contributed by atoms with Crippen molar-refractivity contribution in [1.82, 2.24) is 4.90 Å². The Bertz CT molecular complexity index is 174. The molecule has 0 aliphatic heterocycles. The van der Waals surface area contributed by atoms with Crippen molar-refractivity contribution in [2.75, 3.05) is 19.6 Å². The van der Waals surface area contributed by atoms with Crippen LogP contribution in [0.15, 0.2) is 0 Å². The van der Waals surface area contributed by atoms with Crippen molar-refractivity contribution in [1.29, 1.82) is 0 Å². The summed E-state index contributed by atoms with van der Waals surface area (Å²) in [6.07, 6.45) is 2.03. The van der Waals surface area contributed by atoms with E-state index >= 15 is 0 Å². The molecule has 0 heterocycles. The summed E-state index contributed by atoms with van der Waals surface area (Å²) in [5, 5.41) is 0. The summed E-state index contributed by atoms with van der Waals surface area (Å²) in [5.41, 5.74) is 5.66. The molecule has 15 heavy (non-hydrogen) atoms. The van der Waals surface area contributed by atoms with E-state index in [4.69, 9.17) is 5.73 Å². The number of hydrogen-bond donors (Lipinski definition) is 1. The van der Waals surface area contributed by atoms with Gasteiger partial charge in [0.2, 0.25) is 5.91 Å². The van der Waals surface area contributed by atoms with E-state index in [1.165, 1.54) is 0 Å². The molecule has 0 aliphatic carbocycles. The van der Waals surface area contributed by atoms with Crippen LogP contribution < -0.4 is 5.73 Å². The number of carbonyl (C=O) groups is 1. The van der Waals surface area contributed by atoms with Gasteiger partial charge in [0.1, 0.15) is 0 Å². The zero-order chi connectivity index (χ0) is 11.8. The van der Waals surface area contributed by atoms with Gasteiger partial charge in [0.15, 0.2) is 0 Å². The largest absolute Gasteiger partial charge is 0.342 e. The van der Waals surface area contributed by atoms with Crippen LogP contribution in [-0.2, 0) is 4.79 Å². The van der Waals surface area contributed by atoms with Crippen LogP contribution in [0.2, 0.25) is 0 Å². The third kappa shape index (κ3) is 4.65. The second-order valence-electron chi connectivity index (χ2n) is 4.41. The summed E-state index contributed by atoms with van der Waals surface area (Å²) in [4.78, 5) is 14.1. The van der Waals surface area contributed by atoms with Crippen molar-refractivity contribution < 1.29 is 4.79 Å². The van der Waals surface area contributed by atoms with Gasteiger partial charge in [0.25, 0.3) is 0 Å². The Labute approximate surface area is 94.0 Å². The molecule has 3 heteroatoms. The summed E-state index contributed by atoms with van der Waals surface area (Å²) < 4.78 is 0. The van der Waals surface area contributed by atoms with Crippen molar-refractivity contribution in [2.24, 2.45) is 17.6 Å². The molecule has 0 aliphatic rings. The van der Waals surface area contributed by atoms with Gasteiger partial charge in [0.05, 0.1) is 5.92 Å². The average molecular weight is 214 g/mol. The Kier molecular flexibility index (Phi) is 7.39. The molecule has 1 amide bonds. The highest BCUT2D eigenvalue weighted by atomic mass is 16.2. The van der Waals surface area contributed by atoms with Gasteiger partial charge in [-0.1, -0.05) is 27.7 Å². The molecule has 0 bridgehead atoms. The van der Waals surface area contributed by atoms with E-state index in [-0.39, 0.29) is 11.8 Å². The van der Waals surface area contributed by atoms with Gasteiger partial charge in [-0.2, -0.15) is 0 Å². The van der Waals surface area contributed by atoms with Crippen LogP contribution in [0.4, 0.5) is 0 Å². The zero-order valence-corrected chi connectivity index (χ0v) is 10.6. The maximum Gasteiger partial charge on any atom is 0.227 e. The van der Waals surface area contributed by atoms with E-state index in [2.05, 4.69) is 27.7 Å². The van der Waals surface area contributed by atoms with E-state index in [1.54, 1.807) is 0 Å². The summed E-state index contributed by atoms with van der Waals surface area (Å²) in [6.45, 7) is 10.5. The summed E-state index contributed by atoms with van der Waals surface area (Å²) in [6, 6.07) is 0. The third-order valence-electron chi connectivity index (χ3n) is 2.67. The number of hydrogen-bond acceptors (Lipinski definition) is 2. The molecule has 1 atom stereocenters. The number of nitrogens with zero attached hydrogens (tertiary/aromatic N) is 1. The first-order valence-electron chi connectivity index (χ1n) is 6.07. The summed E-state index contributed by atoms with van der Waals surface area (Å²) >= 11 is 0. The first-order valence-corrected chi connectivity index (χ1v) is 6.07. The topological polar surface area (TPSA) is 46.3 Å². The Balaban J connectivity index is 4.44. The molecule has 0 fully saturated rings. The fourth-order valence-corrected chi connectivity index (χ4v) is 1.76. The van der Waals surface area contributed by atoms with E-state index in [1.807, 2.05) is 4.90 Å². The second kappa shape index (κ2) is 7.69. The molecule has 0 saturated heterocycles. The van der Waals surface area contributed by atoms with Crippen LogP contribution >= 0.6 is 0 Å². The van der Waals surface area contributed by atoms with E-state index in [9.17, 15) is 4.79 Å². The molecule has 0 rings (SSSR count). The van der Waals surface area contributed by atoms with Crippen molar-refractivity contribution in [3.8, 4) is 0 Å². The molecule has 0 aromatic carbocycles. The SMILES string of the molecule is CCCN(CCC)C(=O)C(CN)C(C)C. The van der Waals surface area contributed by atoms with E-state index < -0.39 is 0 Å². The van der Waals surface area contributed by atoms with E-state index in [0.717, 1.165) is 25.9 Å². The van der Waals surface area contributed by atoms with Gasteiger partial charge >= 0.3 is 0 Å². The van der Waals surface area contributed by atoms with Crippen LogP contribution in [0.1, 0.15) is 40.5 Å². The molecular weight excluding hydrogens is 188 g/mol. The average Bonchev–Trinajstić information content (AvgIpc) is 2.17. The van der Waals surface area contributed by atoms with Crippen molar-refractivity contribution >= 4 is 5.91 Å². The standard InChI is InChI=1S/C12H26N2O/c1-5-7-14(8-6-2)12(15)11(9-13)10(3)4/h10-11H,5-9,13H2,1-4H3. The van der Waals surface area contributed by atoms with Crippen LogP contribution in [0.25, 0.3) is 0 Å². The Morgan fingerprint density at radius 3 is 1.93 bits per heavy atom. The lowest BCUT2D eigenvalue weighted by molar-refractivity contribution is -0.136. The quantitative estimate of drug-likeness (QED) is 0.703. The van der Waals surface area contributed by atoms with Crippen LogP contribution in [0, 0.1) is 11.8 Å². The predicted molar refractivity (Wildman–Crippen MR) is 64.5 cm³/mol. The highest BCUT2D eigenvalue weighted by Gasteiger charge is 2.24. The lowest BCUT2D eigenvalue weighted by Gasteiger charge is -2.28. The zero-order valence-electron chi connectivity index (χ0n) is 10.6. The fraction of sp³-hybridized carbons (Fsp3) is 0.917. The highest BCUT2D eigenvalue weighted by molar-refractivity contribution is 5.79. The number of nitrogens with two attached hydrogens (primary N) is 1. The van der Waals surface area contributed by atoms with Crippen molar-refractivity contribution in [3.63, 3.8) is 0 Å². The van der Waals surface area contributed by atoms with Crippen LogP contribution in [-0.4, -0.2) is 30.4 Å². The molecule has 0 aromatic heterocycles. The first-order chi connectivity index (χ1) is 7.08. The Morgan fingerprint density at radius 2 is 1.67 bits per heavy atom. The van der Waals surface area contributed by atoms with Crippen LogP contribution in [0.3, 0.4) is 0 Å². The summed E-state index contributed by atoms with van der Waals surface area (Å²) in [7, 11) is 0. The molecule has 2 N–H and O–H groups in total. The van der Waals surface area contributed by atoms with Gasteiger partial charge in [-0.15, -0.1) is 0 Å². The Hall–Kier alpha value is -0.570. The number of amides is 1. The fourth-order valence-electron chi connectivity index (χ4n) is 1.76. The number of rotatable bonds is 7. The van der Waals surface area contributed by atoms with Gasteiger partial charge in [-0.25, -0.2) is 0 Å². The highest BCUT2D eigenvalue weighted by Crippen LogP contribution is 2.13. The predicted octanol–water partition coefficient (Wildman–Crippen LogP) is 1.87. The van der Waals surface area contributed by atoms with Gasteiger partial charge in [-0.05, 0) is 18.8 Å². The molecule has 0 radical (unpaired) electrons. The minimum Gasteiger partial charge on any atom is -0.342 e. The minimum atomic E-state index is -0.0110.